The topological polar surface area (TPSA) is 55.4 Å². The zero-order valence-electron chi connectivity index (χ0n) is 11.8. The third-order valence-electron chi connectivity index (χ3n) is 2.70. The van der Waals surface area contributed by atoms with E-state index in [0.29, 0.717) is 10.6 Å². The highest BCUT2D eigenvalue weighted by Gasteiger charge is 2.31. The lowest BCUT2D eigenvalue weighted by atomic mass is 10.2. The molecule has 0 saturated carbocycles. The lowest BCUT2D eigenvalue weighted by molar-refractivity contribution is -0.274. The molecule has 0 unspecified atom stereocenters. The summed E-state index contributed by atoms with van der Waals surface area (Å²) < 4.78 is 66.3. The van der Waals surface area contributed by atoms with E-state index >= 15 is 0 Å². The molecular formula is C14H10Cl2F3NO3S. The van der Waals surface area contributed by atoms with E-state index in [4.69, 9.17) is 23.2 Å². The molecule has 24 heavy (non-hydrogen) atoms. The quantitative estimate of drug-likeness (QED) is 0.782. The van der Waals surface area contributed by atoms with Crippen molar-refractivity contribution < 1.29 is 26.3 Å². The molecule has 2 rings (SSSR count). The summed E-state index contributed by atoms with van der Waals surface area (Å²) in [6, 6.07) is 8.73. The van der Waals surface area contributed by atoms with Crippen molar-refractivity contribution in [2.45, 2.75) is 12.1 Å². The first-order chi connectivity index (χ1) is 11.0. The smallest absolute Gasteiger partial charge is 0.406 e. The Labute approximate surface area is 146 Å². The standard InChI is InChI=1S/C14H10Cl2F3NO3S/c15-12-6-1-9(7-13(12)16)8-24(21,22)20-10-2-4-11(5-3-10)23-14(17,18)19/h1-7,20H,8H2. The number of sulfonamides is 1. The number of hydrogen-bond donors (Lipinski definition) is 1. The summed E-state index contributed by atoms with van der Waals surface area (Å²) in [5.74, 6) is -0.819. The van der Waals surface area contributed by atoms with Crippen LogP contribution in [0.15, 0.2) is 42.5 Å². The molecular weight excluding hydrogens is 390 g/mol. The monoisotopic (exact) mass is 399 g/mol. The van der Waals surface area contributed by atoms with Gasteiger partial charge < -0.3 is 4.74 Å². The number of rotatable bonds is 5. The highest BCUT2D eigenvalue weighted by Crippen LogP contribution is 2.26. The molecule has 0 bridgehead atoms. The summed E-state index contributed by atoms with van der Waals surface area (Å²) in [6.45, 7) is 0. The summed E-state index contributed by atoms with van der Waals surface area (Å²) in [4.78, 5) is 0. The van der Waals surface area contributed by atoms with Crippen molar-refractivity contribution in [2.75, 3.05) is 4.72 Å². The van der Waals surface area contributed by atoms with Crippen LogP contribution < -0.4 is 9.46 Å². The fraction of sp³-hybridized carbons (Fsp3) is 0.143. The van der Waals surface area contributed by atoms with Gasteiger partial charge in [-0.05, 0) is 42.0 Å². The fourth-order valence-corrected chi connectivity index (χ4v) is 3.30. The first-order valence-corrected chi connectivity index (χ1v) is 8.75. The largest absolute Gasteiger partial charge is 0.573 e. The van der Waals surface area contributed by atoms with Gasteiger partial charge >= 0.3 is 6.36 Å². The number of benzene rings is 2. The summed E-state index contributed by atoms with van der Waals surface area (Å²) in [5, 5.41) is 0.518. The van der Waals surface area contributed by atoms with Crippen LogP contribution in [0, 0.1) is 0 Å². The van der Waals surface area contributed by atoms with Crippen LogP contribution in [-0.4, -0.2) is 14.8 Å². The second-order valence-electron chi connectivity index (χ2n) is 4.68. The number of alkyl halides is 3. The van der Waals surface area contributed by atoms with Crippen LogP contribution in [0.2, 0.25) is 10.0 Å². The number of hydrogen-bond acceptors (Lipinski definition) is 3. The fourth-order valence-electron chi connectivity index (χ4n) is 1.79. The minimum Gasteiger partial charge on any atom is -0.406 e. The van der Waals surface area contributed by atoms with Crippen LogP contribution in [0.3, 0.4) is 0 Å². The Kier molecular flexibility index (Phi) is 5.52. The van der Waals surface area contributed by atoms with Crippen LogP contribution in [-0.2, 0) is 15.8 Å². The van der Waals surface area contributed by atoms with Gasteiger partial charge in [0.05, 0.1) is 15.8 Å². The Bertz CT molecular complexity index is 824. The van der Waals surface area contributed by atoms with Crippen LogP contribution in [0.25, 0.3) is 0 Å². The zero-order chi connectivity index (χ0) is 18.0. The maximum atomic E-state index is 12.1. The third kappa shape index (κ3) is 5.77. The number of ether oxygens (including phenoxy) is 1. The maximum Gasteiger partial charge on any atom is 0.573 e. The van der Waals surface area contributed by atoms with Crippen molar-refractivity contribution in [3.05, 3.63) is 58.1 Å². The van der Waals surface area contributed by atoms with Crippen LogP contribution in [0.5, 0.6) is 5.75 Å². The second-order valence-corrected chi connectivity index (χ2v) is 7.22. The van der Waals surface area contributed by atoms with E-state index < -0.39 is 22.1 Å². The van der Waals surface area contributed by atoms with Crippen molar-refractivity contribution in [1.29, 1.82) is 0 Å². The van der Waals surface area contributed by atoms with Crippen LogP contribution in [0.1, 0.15) is 5.56 Å². The van der Waals surface area contributed by atoms with Crippen molar-refractivity contribution in [2.24, 2.45) is 0 Å². The zero-order valence-corrected chi connectivity index (χ0v) is 14.1. The molecule has 0 amide bonds. The van der Waals surface area contributed by atoms with E-state index in [1.807, 2.05) is 0 Å². The van der Waals surface area contributed by atoms with Gasteiger partial charge in [-0.15, -0.1) is 13.2 Å². The maximum absolute atomic E-state index is 12.1. The molecule has 10 heteroatoms. The Morgan fingerprint density at radius 2 is 1.62 bits per heavy atom. The summed E-state index contributed by atoms with van der Waals surface area (Å²) in [7, 11) is -3.78. The second kappa shape index (κ2) is 7.08. The van der Waals surface area contributed by atoms with Gasteiger partial charge in [0.1, 0.15) is 5.75 Å². The summed E-state index contributed by atoms with van der Waals surface area (Å²) >= 11 is 11.6. The Morgan fingerprint density at radius 1 is 1.00 bits per heavy atom. The van der Waals surface area contributed by atoms with Gasteiger partial charge in [0.15, 0.2) is 0 Å². The highest BCUT2D eigenvalue weighted by atomic mass is 35.5. The van der Waals surface area contributed by atoms with E-state index in [1.54, 1.807) is 0 Å². The molecule has 2 aromatic rings. The molecule has 0 atom stereocenters. The molecule has 130 valence electrons. The van der Waals surface area contributed by atoms with Crippen molar-refractivity contribution in [3.63, 3.8) is 0 Å². The van der Waals surface area contributed by atoms with Gasteiger partial charge in [0.2, 0.25) is 10.0 Å². The SMILES string of the molecule is O=S(=O)(Cc1ccc(Cl)c(Cl)c1)Nc1ccc(OC(F)(F)F)cc1. The van der Waals surface area contributed by atoms with Gasteiger partial charge in [-0.2, -0.15) is 0 Å². The predicted octanol–water partition coefficient (Wildman–Crippen LogP) is 4.83. The average molecular weight is 400 g/mol. The molecule has 1 N–H and O–H groups in total. The molecule has 0 aromatic heterocycles. The average Bonchev–Trinajstić information content (AvgIpc) is 2.43. The molecule has 0 radical (unpaired) electrons. The summed E-state index contributed by atoms with van der Waals surface area (Å²) in [5.41, 5.74) is 0.513. The Hall–Kier alpha value is -1.64. The Balaban J connectivity index is 2.07. The molecule has 0 saturated heterocycles. The molecule has 0 aliphatic carbocycles. The van der Waals surface area contributed by atoms with Crippen molar-refractivity contribution in [1.82, 2.24) is 0 Å². The van der Waals surface area contributed by atoms with Crippen molar-refractivity contribution >= 4 is 38.9 Å². The van der Waals surface area contributed by atoms with Gasteiger partial charge in [0, 0.05) is 5.69 Å². The number of nitrogens with one attached hydrogen (secondary N) is 1. The van der Waals surface area contributed by atoms with Gasteiger partial charge in [-0.25, -0.2) is 8.42 Å². The molecule has 0 heterocycles. The van der Waals surface area contributed by atoms with E-state index in [-0.39, 0.29) is 16.5 Å². The molecule has 0 fully saturated rings. The molecule has 0 aliphatic rings. The van der Waals surface area contributed by atoms with Gasteiger partial charge in [-0.3, -0.25) is 4.72 Å². The minimum atomic E-state index is -4.81. The first kappa shape index (κ1) is 18.7. The number of anilines is 1. The highest BCUT2D eigenvalue weighted by molar-refractivity contribution is 7.91. The number of halogens is 5. The predicted molar refractivity (Wildman–Crippen MR) is 85.8 cm³/mol. The lowest BCUT2D eigenvalue weighted by Gasteiger charge is -2.11. The summed E-state index contributed by atoms with van der Waals surface area (Å²) in [6.07, 6.45) is -4.81. The van der Waals surface area contributed by atoms with E-state index in [0.717, 1.165) is 24.3 Å². The molecule has 4 nitrogen and oxygen atoms in total. The molecule has 2 aromatic carbocycles. The molecule has 0 aliphatic heterocycles. The lowest BCUT2D eigenvalue weighted by Crippen LogP contribution is -2.17. The normalized spacial score (nSPS) is 12.0. The van der Waals surface area contributed by atoms with Crippen molar-refractivity contribution in [3.8, 4) is 5.75 Å². The molecule has 0 spiro atoms. The van der Waals surface area contributed by atoms with E-state index in [2.05, 4.69) is 9.46 Å². The van der Waals surface area contributed by atoms with E-state index in [9.17, 15) is 21.6 Å². The van der Waals surface area contributed by atoms with E-state index in [1.165, 1.54) is 18.2 Å². The first-order valence-electron chi connectivity index (χ1n) is 6.34. The van der Waals surface area contributed by atoms with Crippen LogP contribution >= 0.6 is 23.2 Å². The van der Waals surface area contributed by atoms with Gasteiger partial charge in [0.25, 0.3) is 0 Å². The Morgan fingerprint density at radius 3 is 2.17 bits per heavy atom. The van der Waals surface area contributed by atoms with Crippen LogP contribution in [0.4, 0.5) is 18.9 Å². The van der Waals surface area contributed by atoms with Gasteiger partial charge in [-0.1, -0.05) is 29.3 Å². The third-order valence-corrected chi connectivity index (χ3v) is 4.70. The minimum absolute atomic E-state index is 0.101.